The monoisotopic (exact) mass is 1040 g/mol. The molecule has 15 heteroatoms. The lowest BCUT2D eigenvalue weighted by molar-refractivity contribution is -0.142. The SMILES string of the molecule is CC[C@H]1CC[C@H](OC(=O)c2ccc(C(=O)OC3CCC(C(=O)Oc4cc(OC)c(OC(=O)[C@H]5CC[C@H](OC(=O)c6ccc(C(=O)O[C@H]7CC[C@H](CC)CC7)cc6)CC5)c5c4C(=O)c4ccccc4C5=O)CC3)cc2)CC1. The summed E-state index contributed by atoms with van der Waals surface area (Å²) in [5.74, 6) is -5.06. The zero-order valence-electron chi connectivity index (χ0n) is 43.5. The summed E-state index contributed by atoms with van der Waals surface area (Å²) in [6.07, 6.45) is 11.3. The molecule has 0 amide bonds. The van der Waals surface area contributed by atoms with Crippen molar-refractivity contribution < 1.29 is 71.5 Å². The topological polar surface area (TPSA) is 201 Å². The van der Waals surface area contributed by atoms with Gasteiger partial charge in [-0.05, 0) is 163 Å². The van der Waals surface area contributed by atoms with Gasteiger partial charge in [-0.2, -0.15) is 0 Å². The van der Waals surface area contributed by atoms with Crippen molar-refractivity contribution in [3.63, 3.8) is 0 Å². The molecule has 0 radical (unpaired) electrons. The highest BCUT2D eigenvalue weighted by atomic mass is 16.6. The molecule has 4 saturated carbocycles. The molecule has 4 aromatic rings. The Balaban J connectivity index is 0.794. The van der Waals surface area contributed by atoms with Crippen LogP contribution >= 0.6 is 0 Å². The summed E-state index contributed by atoms with van der Waals surface area (Å²) in [6, 6.07) is 19.9. The van der Waals surface area contributed by atoms with Crippen LogP contribution in [0, 0.1) is 23.7 Å². The summed E-state index contributed by atoms with van der Waals surface area (Å²) >= 11 is 0. The molecule has 76 heavy (non-hydrogen) atoms. The number of rotatable bonds is 15. The minimum atomic E-state index is -0.677. The first-order valence-corrected chi connectivity index (χ1v) is 27.2. The van der Waals surface area contributed by atoms with Gasteiger partial charge in [0.25, 0.3) is 0 Å². The number of hydrogen-bond acceptors (Lipinski definition) is 15. The number of carbonyl (C=O) groups is 8. The highest BCUT2D eigenvalue weighted by Crippen LogP contribution is 2.46. The Morgan fingerprint density at radius 2 is 0.750 bits per heavy atom. The third kappa shape index (κ3) is 12.2. The van der Waals surface area contributed by atoms with Gasteiger partial charge in [0.15, 0.2) is 23.1 Å². The number of ether oxygens (including phenoxy) is 7. The maximum atomic E-state index is 14.3. The molecular weight excluding hydrogens is 973 g/mol. The summed E-state index contributed by atoms with van der Waals surface area (Å²) in [4.78, 5) is 108. The normalized spacial score (nSPS) is 24.1. The van der Waals surface area contributed by atoms with Crippen molar-refractivity contribution >= 4 is 47.4 Å². The average Bonchev–Trinajstić information content (AvgIpc) is 3.49. The van der Waals surface area contributed by atoms with E-state index in [9.17, 15) is 38.4 Å². The third-order valence-corrected chi connectivity index (χ3v) is 16.3. The van der Waals surface area contributed by atoms with E-state index >= 15 is 0 Å². The van der Waals surface area contributed by atoms with Crippen molar-refractivity contribution in [1.29, 1.82) is 0 Å². The van der Waals surface area contributed by atoms with Gasteiger partial charge in [-0.3, -0.25) is 19.2 Å². The van der Waals surface area contributed by atoms with Gasteiger partial charge in [0.2, 0.25) is 0 Å². The van der Waals surface area contributed by atoms with E-state index in [0.717, 1.165) is 64.2 Å². The minimum Gasteiger partial charge on any atom is -0.493 e. The first-order valence-electron chi connectivity index (χ1n) is 27.2. The van der Waals surface area contributed by atoms with Crippen LogP contribution in [-0.2, 0) is 28.5 Å². The summed E-state index contributed by atoms with van der Waals surface area (Å²) in [6.45, 7) is 4.36. The Kier molecular flexibility index (Phi) is 17.1. The summed E-state index contributed by atoms with van der Waals surface area (Å²) in [5.41, 5.74) is 0.929. The maximum absolute atomic E-state index is 14.3. The van der Waals surface area contributed by atoms with Gasteiger partial charge < -0.3 is 33.2 Å². The van der Waals surface area contributed by atoms with Crippen LogP contribution in [0.3, 0.4) is 0 Å². The lowest BCUT2D eigenvalue weighted by Gasteiger charge is -2.29. The molecule has 0 N–H and O–H groups in total. The van der Waals surface area contributed by atoms with Gasteiger partial charge >= 0.3 is 35.8 Å². The zero-order chi connectivity index (χ0) is 53.5. The lowest BCUT2D eigenvalue weighted by atomic mass is 9.82. The summed E-state index contributed by atoms with van der Waals surface area (Å²) in [5, 5.41) is 0. The van der Waals surface area contributed by atoms with Crippen molar-refractivity contribution in [1.82, 2.24) is 0 Å². The van der Waals surface area contributed by atoms with E-state index in [1.807, 2.05) is 0 Å². The second-order valence-electron chi connectivity index (χ2n) is 21.0. The number of hydrogen-bond donors (Lipinski definition) is 0. The number of fused-ring (bicyclic) bond motifs is 2. The molecule has 0 heterocycles. The molecule has 400 valence electrons. The predicted molar refractivity (Wildman–Crippen MR) is 276 cm³/mol. The number of methoxy groups -OCH3 is 1. The Morgan fingerprint density at radius 1 is 0.421 bits per heavy atom. The number of benzene rings is 4. The second kappa shape index (κ2) is 24.2. The van der Waals surface area contributed by atoms with E-state index in [0.29, 0.717) is 74.3 Å². The number of ketones is 2. The average molecular weight is 1040 g/mol. The van der Waals surface area contributed by atoms with Gasteiger partial charge in [-0.1, -0.05) is 51.0 Å². The van der Waals surface area contributed by atoms with Crippen LogP contribution in [0.15, 0.2) is 78.9 Å². The van der Waals surface area contributed by atoms with Crippen molar-refractivity contribution in [2.24, 2.45) is 23.7 Å². The van der Waals surface area contributed by atoms with E-state index in [-0.39, 0.29) is 62.8 Å². The van der Waals surface area contributed by atoms with Gasteiger partial charge in [-0.15, -0.1) is 0 Å². The number of carbonyl (C=O) groups excluding carboxylic acids is 8. The van der Waals surface area contributed by atoms with Crippen LogP contribution in [0.5, 0.6) is 17.2 Å². The Bertz CT molecular complexity index is 2820. The van der Waals surface area contributed by atoms with Gasteiger partial charge in [0, 0.05) is 17.2 Å². The quantitative estimate of drug-likeness (QED) is 0.0544. The molecule has 0 saturated heterocycles. The van der Waals surface area contributed by atoms with Gasteiger partial charge in [0.05, 0.1) is 52.3 Å². The van der Waals surface area contributed by atoms with Crippen LogP contribution in [0.1, 0.15) is 203 Å². The first kappa shape index (κ1) is 53.7. The summed E-state index contributed by atoms with van der Waals surface area (Å²) in [7, 11) is 1.30. The van der Waals surface area contributed by atoms with Crippen LogP contribution < -0.4 is 14.2 Å². The van der Waals surface area contributed by atoms with Crippen molar-refractivity contribution in [3.05, 3.63) is 123 Å². The Labute approximate surface area is 442 Å². The maximum Gasteiger partial charge on any atom is 0.338 e. The fourth-order valence-corrected chi connectivity index (χ4v) is 11.4. The van der Waals surface area contributed by atoms with Crippen molar-refractivity contribution in [3.8, 4) is 17.2 Å². The molecule has 5 aliphatic rings. The molecule has 4 fully saturated rings. The van der Waals surface area contributed by atoms with Crippen LogP contribution in [0.2, 0.25) is 0 Å². The minimum absolute atomic E-state index is 0.0790. The Hall–Kier alpha value is -7.16. The van der Waals surface area contributed by atoms with E-state index in [2.05, 4.69) is 13.8 Å². The predicted octanol–water partition coefficient (Wildman–Crippen LogP) is 11.4. The van der Waals surface area contributed by atoms with Crippen molar-refractivity contribution in [2.45, 2.75) is 154 Å². The molecule has 9 rings (SSSR count). The van der Waals surface area contributed by atoms with E-state index in [4.69, 9.17) is 33.2 Å². The second-order valence-corrected chi connectivity index (χ2v) is 21.0. The van der Waals surface area contributed by atoms with Crippen molar-refractivity contribution in [2.75, 3.05) is 7.11 Å². The van der Waals surface area contributed by atoms with E-state index < -0.39 is 71.4 Å². The fourth-order valence-electron chi connectivity index (χ4n) is 11.4. The van der Waals surface area contributed by atoms with Crippen LogP contribution in [0.25, 0.3) is 0 Å². The van der Waals surface area contributed by atoms with Crippen LogP contribution in [-0.4, -0.2) is 78.9 Å². The molecule has 0 unspecified atom stereocenters. The molecule has 0 atom stereocenters. The lowest BCUT2D eigenvalue weighted by Crippen LogP contribution is -2.32. The first-order chi connectivity index (χ1) is 36.8. The van der Waals surface area contributed by atoms with E-state index in [1.54, 1.807) is 36.4 Å². The standard InChI is InChI=1S/C61H66O15/c1-4-35-10-26-43(27-11-35)71-56(64)37-14-18-39(19-15-37)58(66)73-45-30-22-41(23-31-45)60(68)75-49-34-50(70-3)55(52-51(49)53(62)47-8-6-7-9-48(47)54(52)63)76-61(69)42-24-32-46(33-25-42)74-59(67)40-20-16-38(17-21-40)57(65)72-44-28-12-36(5-2)13-29-44/h6-9,14-21,34-36,41-46H,4-5,10-13,22-33H2,1-3H3/t35-,36-,41?,42-,43-,44-,45?,46-. The zero-order valence-corrected chi connectivity index (χ0v) is 43.5. The van der Waals surface area contributed by atoms with Crippen LogP contribution in [0.4, 0.5) is 0 Å². The number of esters is 6. The Morgan fingerprint density at radius 3 is 1.09 bits per heavy atom. The van der Waals surface area contributed by atoms with Gasteiger partial charge in [0.1, 0.15) is 30.2 Å². The highest BCUT2D eigenvalue weighted by molar-refractivity contribution is 6.30. The molecule has 0 bridgehead atoms. The third-order valence-electron chi connectivity index (χ3n) is 16.3. The molecule has 0 spiro atoms. The molecule has 0 aromatic heterocycles. The molecular formula is C61H66O15. The van der Waals surface area contributed by atoms with E-state index in [1.165, 1.54) is 49.6 Å². The summed E-state index contributed by atoms with van der Waals surface area (Å²) < 4.78 is 40.7. The smallest absolute Gasteiger partial charge is 0.338 e. The fraction of sp³-hybridized carbons (Fsp3) is 0.475. The highest BCUT2D eigenvalue weighted by Gasteiger charge is 2.41. The molecule has 15 nitrogen and oxygen atoms in total. The molecule has 0 aliphatic heterocycles. The van der Waals surface area contributed by atoms with Gasteiger partial charge in [-0.25, -0.2) is 19.2 Å². The molecule has 5 aliphatic carbocycles. The largest absolute Gasteiger partial charge is 0.493 e. The molecule has 4 aromatic carbocycles.